The highest BCUT2D eigenvalue weighted by Crippen LogP contribution is 2.37. The third-order valence-corrected chi connectivity index (χ3v) is 6.57. The van der Waals surface area contributed by atoms with Gasteiger partial charge < -0.3 is 4.74 Å². The molecule has 0 saturated heterocycles. The van der Waals surface area contributed by atoms with Gasteiger partial charge in [-0.2, -0.15) is 4.39 Å². The predicted octanol–water partition coefficient (Wildman–Crippen LogP) is 8.14. The van der Waals surface area contributed by atoms with Crippen molar-refractivity contribution in [2.24, 2.45) is 5.92 Å². The highest BCUT2D eigenvalue weighted by Gasteiger charge is 2.24. The first kappa shape index (κ1) is 23.7. The summed E-state index contributed by atoms with van der Waals surface area (Å²) in [5, 5.41) is 0. The minimum absolute atomic E-state index is 0.000194. The van der Waals surface area contributed by atoms with Crippen molar-refractivity contribution in [3.05, 3.63) is 64.5 Å². The molecule has 0 aliphatic heterocycles. The van der Waals surface area contributed by atoms with E-state index in [9.17, 15) is 13.2 Å². The molecule has 0 bridgehead atoms. The van der Waals surface area contributed by atoms with Crippen molar-refractivity contribution in [1.29, 1.82) is 0 Å². The van der Waals surface area contributed by atoms with Crippen molar-refractivity contribution in [3.8, 4) is 5.75 Å². The van der Waals surface area contributed by atoms with Crippen molar-refractivity contribution in [1.82, 2.24) is 0 Å². The van der Waals surface area contributed by atoms with E-state index in [1.807, 2.05) is 13.0 Å². The van der Waals surface area contributed by atoms with Crippen LogP contribution >= 0.6 is 0 Å². The van der Waals surface area contributed by atoms with E-state index in [1.165, 1.54) is 0 Å². The van der Waals surface area contributed by atoms with Crippen LogP contribution in [0.2, 0.25) is 0 Å². The van der Waals surface area contributed by atoms with Gasteiger partial charge in [-0.05, 0) is 85.6 Å². The fourth-order valence-corrected chi connectivity index (χ4v) is 4.60. The Labute approximate surface area is 185 Å². The van der Waals surface area contributed by atoms with Gasteiger partial charge in [-0.1, -0.05) is 51.3 Å². The smallest absolute Gasteiger partial charge is 0.200 e. The third-order valence-electron chi connectivity index (χ3n) is 6.57. The van der Waals surface area contributed by atoms with Crippen LogP contribution in [-0.2, 0) is 12.8 Å². The second-order valence-corrected chi connectivity index (χ2v) is 8.94. The average Bonchev–Trinajstić information content (AvgIpc) is 2.78. The molecule has 0 radical (unpaired) electrons. The van der Waals surface area contributed by atoms with Crippen molar-refractivity contribution in [2.45, 2.75) is 84.0 Å². The van der Waals surface area contributed by atoms with Gasteiger partial charge in [0.15, 0.2) is 11.6 Å². The van der Waals surface area contributed by atoms with E-state index in [0.29, 0.717) is 30.4 Å². The second-order valence-electron chi connectivity index (χ2n) is 8.94. The Morgan fingerprint density at radius 3 is 2.23 bits per heavy atom. The molecule has 170 valence electrons. The van der Waals surface area contributed by atoms with Crippen LogP contribution in [0, 0.1) is 23.4 Å². The summed E-state index contributed by atoms with van der Waals surface area (Å²) >= 11 is 0. The molecular formula is C27H35F3O. The van der Waals surface area contributed by atoms with E-state index in [-0.39, 0.29) is 11.6 Å². The molecule has 0 amide bonds. The van der Waals surface area contributed by atoms with E-state index in [1.54, 1.807) is 18.2 Å². The first-order valence-electron chi connectivity index (χ1n) is 11.9. The lowest BCUT2D eigenvalue weighted by atomic mass is 9.79. The molecule has 2 aromatic carbocycles. The van der Waals surface area contributed by atoms with Crippen LogP contribution in [0.1, 0.15) is 87.8 Å². The molecule has 4 heteroatoms. The summed E-state index contributed by atoms with van der Waals surface area (Å²) in [4.78, 5) is 0. The van der Waals surface area contributed by atoms with Gasteiger partial charge >= 0.3 is 0 Å². The summed E-state index contributed by atoms with van der Waals surface area (Å²) in [6, 6.07) is 8.92. The van der Waals surface area contributed by atoms with E-state index in [2.05, 4.69) is 13.0 Å². The number of benzene rings is 2. The van der Waals surface area contributed by atoms with Crippen LogP contribution in [0.4, 0.5) is 13.2 Å². The molecule has 1 aliphatic rings. The summed E-state index contributed by atoms with van der Waals surface area (Å²) in [5.41, 5.74) is 2.30. The molecule has 0 N–H and O–H groups in total. The number of hydrogen-bond donors (Lipinski definition) is 0. The number of ether oxygens (including phenoxy) is 1. The van der Waals surface area contributed by atoms with Crippen LogP contribution in [0.5, 0.6) is 5.75 Å². The normalized spacial score (nSPS) is 18.9. The van der Waals surface area contributed by atoms with Gasteiger partial charge in [0.05, 0.1) is 6.61 Å². The monoisotopic (exact) mass is 432 g/mol. The first-order valence-corrected chi connectivity index (χ1v) is 11.9. The molecule has 0 atom stereocenters. The molecule has 0 aromatic heterocycles. The van der Waals surface area contributed by atoms with Gasteiger partial charge in [0.25, 0.3) is 0 Å². The number of aryl methyl sites for hydroxylation is 2. The quantitative estimate of drug-likeness (QED) is 0.344. The second kappa shape index (κ2) is 11.6. The van der Waals surface area contributed by atoms with Crippen molar-refractivity contribution in [2.75, 3.05) is 6.61 Å². The molecule has 1 fully saturated rings. The zero-order chi connectivity index (χ0) is 22.2. The molecule has 31 heavy (non-hydrogen) atoms. The predicted molar refractivity (Wildman–Crippen MR) is 120 cm³/mol. The molecule has 1 saturated carbocycles. The fraction of sp³-hybridized carbons (Fsp3) is 0.556. The molecule has 0 spiro atoms. The van der Waals surface area contributed by atoms with Crippen molar-refractivity contribution < 1.29 is 17.9 Å². The number of halogens is 3. The molecule has 0 unspecified atom stereocenters. The Morgan fingerprint density at radius 2 is 1.55 bits per heavy atom. The molecule has 0 heterocycles. The Kier molecular flexibility index (Phi) is 8.86. The highest BCUT2D eigenvalue weighted by atomic mass is 19.2. The average molecular weight is 433 g/mol. The Bertz CT molecular complexity index is 841. The van der Waals surface area contributed by atoms with Crippen molar-refractivity contribution >= 4 is 0 Å². The Morgan fingerprint density at radius 1 is 0.806 bits per heavy atom. The topological polar surface area (TPSA) is 9.23 Å². The molecule has 1 aliphatic carbocycles. The van der Waals surface area contributed by atoms with Gasteiger partial charge in [0.2, 0.25) is 5.82 Å². The summed E-state index contributed by atoms with van der Waals surface area (Å²) in [6.07, 6.45) is 9.23. The summed E-state index contributed by atoms with van der Waals surface area (Å²) in [7, 11) is 0. The third kappa shape index (κ3) is 6.27. The van der Waals surface area contributed by atoms with E-state index in [4.69, 9.17) is 4.74 Å². The lowest BCUT2D eigenvalue weighted by molar-refractivity contribution is 0.192. The number of hydrogen-bond acceptors (Lipinski definition) is 1. The maximum absolute atomic E-state index is 14.5. The van der Waals surface area contributed by atoms with Gasteiger partial charge in [-0.3, -0.25) is 0 Å². The summed E-state index contributed by atoms with van der Waals surface area (Å²) in [5.74, 6) is -1.08. The lowest BCUT2D eigenvalue weighted by Crippen LogP contribution is -2.20. The highest BCUT2D eigenvalue weighted by molar-refractivity contribution is 5.31. The summed E-state index contributed by atoms with van der Waals surface area (Å²) in [6.45, 7) is 4.48. The van der Waals surface area contributed by atoms with E-state index in [0.717, 1.165) is 68.9 Å². The SMILES string of the molecule is CCCCCc1ccc(C2CCC(COc3ccc(CCC)c(F)c3F)CC2)cc1F. The largest absolute Gasteiger partial charge is 0.490 e. The van der Waals surface area contributed by atoms with Crippen LogP contribution in [0.3, 0.4) is 0 Å². The summed E-state index contributed by atoms with van der Waals surface area (Å²) < 4.78 is 48.5. The standard InChI is InChI=1S/C27H35F3O/c1-3-5-6-8-21-13-14-23(17-24(21)28)20-11-9-19(10-12-20)18-31-25-16-15-22(7-4-2)26(29)27(25)30/h13-17,19-20H,3-12,18H2,1-2H3. The van der Waals surface area contributed by atoms with Gasteiger partial charge in [-0.15, -0.1) is 0 Å². The van der Waals surface area contributed by atoms with Gasteiger partial charge in [-0.25, -0.2) is 8.78 Å². The van der Waals surface area contributed by atoms with Crippen LogP contribution < -0.4 is 4.74 Å². The number of unbranched alkanes of at least 4 members (excludes halogenated alkanes) is 2. The maximum Gasteiger partial charge on any atom is 0.200 e. The van der Waals surface area contributed by atoms with Gasteiger partial charge in [0.1, 0.15) is 5.82 Å². The molecule has 2 aromatic rings. The van der Waals surface area contributed by atoms with E-state index >= 15 is 0 Å². The van der Waals surface area contributed by atoms with Crippen LogP contribution in [0.25, 0.3) is 0 Å². The van der Waals surface area contributed by atoms with Crippen LogP contribution in [-0.4, -0.2) is 6.61 Å². The molecular weight excluding hydrogens is 397 g/mol. The van der Waals surface area contributed by atoms with E-state index < -0.39 is 11.6 Å². The zero-order valence-corrected chi connectivity index (χ0v) is 18.9. The zero-order valence-electron chi connectivity index (χ0n) is 18.9. The molecule has 3 rings (SSSR count). The fourth-order valence-electron chi connectivity index (χ4n) is 4.60. The van der Waals surface area contributed by atoms with Gasteiger partial charge in [0, 0.05) is 0 Å². The maximum atomic E-state index is 14.5. The van der Waals surface area contributed by atoms with Crippen molar-refractivity contribution in [3.63, 3.8) is 0 Å². The minimum Gasteiger partial charge on any atom is -0.490 e. The number of rotatable bonds is 10. The first-order chi connectivity index (χ1) is 15.0. The Hall–Kier alpha value is -1.97. The Balaban J connectivity index is 1.50. The lowest BCUT2D eigenvalue weighted by Gasteiger charge is -2.29. The van der Waals surface area contributed by atoms with Crippen LogP contribution in [0.15, 0.2) is 30.3 Å². The minimum atomic E-state index is -0.880. The molecule has 1 nitrogen and oxygen atoms in total.